The van der Waals surface area contributed by atoms with E-state index in [1.807, 2.05) is 17.5 Å². The number of aromatic nitrogens is 2. The fourth-order valence-electron chi connectivity index (χ4n) is 2.37. The predicted molar refractivity (Wildman–Crippen MR) is 103 cm³/mol. The van der Waals surface area contributed by atoms with Crippen LogP contribution in [-0.2, 0) is 20.7 Å². The number of carbonyl (C=O) groups is 2. The zero-order valence-corrected chi connectivity index (χ0v) is 16.1. The van der Waals surface area contributed by atoms with E-state index in [0.29, 0.717) is 11.4 Å². The Bertz CT molecular complexity index is 1030. The van der Waals surface area contributed by atoms with Crippen molar-refractivity contribution >= 4 is 34.6 Å². The highest BCUT2D eigenvalue weighted by Crippen LogP contribution is 2.25. The molecule has 29 heavy (non-hydrogen) atoms. The molecular formula is C18H16N4O6S. The van der Waals surface area contributed by atoms with Crippen LogP contribution in [0.1, 0.15) is 17.9 Å². The summed E-state index contributed by atoms with van der Waals surface area (Å²) in [6.45, 7) is 1.14. The maximum atomic E-state index is 11.9. The number of carbonyl (C=O) groups excluding carboxylic acids is 2. The van der Waals surface area contributed by atoms with Crippen LogP contribution in [0, 0.1) is 17.0 Å². The average molecular weight is 416 g/mol. The molecule has 0 aliphatic heterocycles. The standard InChI is InChI=1S/C18H16N4O6S/c1-11-4-5-12(13(9-11)22(25)26)19-15(23)10-27-17(24)7-6-16-20-18(21-28-16)14-3-2-8-29-14/h2-5,8-9H,6-7,10H2,1H3,(H,19,23). The number of nitrogens with one attached hydrogen (secondary N) is 1. The quantitative estimate of drug-likeness (QED) is 0.336. The second-order valence-corrected chi connectivity index (χ2v) is 6.92. The summed E-state index contributed by atoms with van der Waals surface area (Å²) >= 11 is 1.47. The molecule has 2 heterocycles. The van der Waals surface area contributed by atoms with Crippen LogP contribution in [0.5, 0.6) is 0 Å². The van der Waals surface area contributed by atoms with Crippen LogP contribution in [0.15, 0.2) is 40.2 Å². The summed E-state index contributed by atoms with van der Waals surface area (Å²) in [6.07, 6.45) is 0.117. The Balaban J connectivity index is 1.46. The van der Waals surface area contributed by atoms with Crippen molar-refractivity contribution in [2.24, 2.45) is 0 Å². The van der Waals surface area contributed by atoms with Crippen molar-refractivity contribution in [3.63, 3.8) is 0 Å². The number of benzene rings is 1. The topological polar surface area (TPSA) is 137 Å². The van der Waals surface area contributed by atoms with Crippen molar-refractivity contribution in [3.05, 3.63) is 57.3 Å². The third kappa shape index (κ3) is 5.45. The number of hydrogen-bond donors (Lipinski definition) is 1. The minimum Gasteiger partial charge on any atom is -0.456 e. The van der Waals surface area contributed by atoms with E-state index in [0.717, 1.165) is 4.88 Å². The molecule has 150 valence electrons. The lowest BCUT2D eigenvalue weighted by Crippen LogP contribution is -2.21. The molecule has 0 fully saturated rings. The van der Waals surface area contributed by atoms with E-state index in [-0.39, 0.29) is 30.1 Å². The summed E-state index contributed by atoms with van der Waals surface area (Å²) in [6, 6.07) is 8.11. The second-order valence-electron chi connectivity index (χ2n) is 5.98. The molecule has 0 unspecified atom stereocenters. The highest BCUT2D eigenvalue weighted by molar-refractivity contribution is 7.13. The highest BCUT2D eigenvalue weighted by atomic mass is 32.1. The van der Waals surface area contributed by atoms with Crippen molar-refractivity contribution < 1.29 is 23.8 Å². The van der Waals surface area contributed by atoms with Gasteiger partial charge in [0.25, 0.3) is 11.6 Å². The van der Waals surface area contributed by atoms with Crippen LogP contribution in [0.2, 0.25) is 0 Å². The number of nitro benzene ring substituents is 1. The van der Waals surface area contributed by atoms with Gasteiger partial charge in [-0.25, -0.2) is 0 Å². The number of nitro groups is 1. The van der Waals surface area contributed by atoms with Gasteiger partial charge in [-0.1, -0.05) is 17.3 Å². The van der Waals surface area contributed by atoms with Crippen LogP contribution >= 0.6 is 11.3 Å². The molecule has 0 spiro atoms. The van der Waals surface area contributed by atoms with Gasteiger partial charge in [-0.3, -0.25) is 19.7 Å². The van der Waals surface area contributed by atoms with Crippen molar-refractivity contribution in [1.82, 2.24) is 10.1 Å². The summed E-state index contributed by atoms with van der Waals surface area (Å²) in [5.41, 5.74) is 0.487. The normalized spacial score (nSPS) is 10.5. The first-order chi connectivity index (χ1) is 13.9. The van der Waals surface area contributed by atoms with Crippen molar-refractivity contribution in [2.45, 2.75) is 19.8 Å². The van der Waals surface area contributed by atoms with E-state index in [1.54, 1.807) is 13.0 Å². The van der Waals surface area contributed by atoms with E-state index in [2.05, 4.69) is 15.5 Å². The first-order valence-corrected chi connectivity index (χ1v) is 9.37. The van der Waals surface area contributed by atoms with E-state index in [1.165, 1.54) is 23.5 Å². The molecule has 0 radical (unpaired) electrons. The number of thiophene rings is 1. The summed E-state index contributed by atoms with van der Waals surface area (Å²) in [5.74, 6) is -0.579. The molecule has 1 amide bonds. The number of rotatable bonds is 8. The maximum absolute atomic E-state index is 11.9. The number of amides is 1. The van der Waals surface area contributed by atoms with Gasteiger partial charge < -0.3 is 14.6 Å². The molecule has 0 aliphatic rings. The van der Waals surface area contributed by atoms with E-state index in [9.17, 15) is 19.7 Å². The van der Waals surface area contributed by atoms with Gasteiger partial charge in [0, 0.05) is 12.5 Å². The zero-order chi connectivity index (χ0) is 20.8. The molecule has 0 bridgehead atoms. The maximum Gasteiger partial charge on any atom is 0.306 e. The molecule has 0 saturated carbocycles. The summed E-state index contributed by atoms with van der Waals surface area (Å²) in [4.78, 5) is 39.3. The van der Waals surface area contributed by atoms with Crippen LogP contribution in [0.25, 0.3) is 10.7 Å². The minimum absolute atomic E-state index is 0.0358. The Labute approximate surface area is 168 Å². The first kappa shape index (κ1) is 20.1. The molecule has 0 aliphatic carbocycles. The van der Waals surface area contributed by atoms with E-state index >= 15 is 0 Å². The monoisotopic (exact) mass is 416 g/mol. The Morgan fingerprint density at radius 1 is 1.34 bits per heavy atom. The molecule has 0 saturated heterocycles. The second kappa shape index (κ2) is 9.06. The molecule has 10 nitrogen and oxygen atoms in total. The van der Waals surface area contributed by atoms with E-state index < -0.39 is 23.4 Å². The summed E-state index contributed by atoms with van der Waals surface area (Å²) in [7, 11) is 0. The molecule has 0 atom stereocenters. The van der Waals surface area contributed by atoms with Crippen molar-refractivity contribution in [1.29, 1.82) is 0 Å². The van der Waals surface area contributed by atoms with Gasteiger partial charge >= 0.3 is 5.97 Å². The van der Waals surface area contributed by atoms with Gasteiger partial charge in [-0.05, 0) is 30.0 Å². The molecule has 2 aromatic heterocycles. The van der Waals surface area contributed by atoms with Crippen LogP contribution in [-0.4, -0.2) is 33.5 Å². The van der Waals surface area contributed by atoms with Gasteiger partial charge in [-0.2, -0.15) is 4.98 Å². The molecule has 1 N–H and O–H groups in total. The largest absolute Gasteiger partial charge is 0.456 e. The minimum atomic E-state index is -0.678. The van der Waals surface area contributed by atoms with Crippen LogP contribution < -0.4 is 5.32 Å². The Hall–Kier alpha value is -3.60. The predicted octanol–water partition coefficient (Wildman–Crippen LogP) is 3.13. The van der Waals surface area contributed by atoms with Crippen molar-refractivity contribution in [2.75, 3.05) is 11.9 Å². The fourth-order valence-corrected chi connectivity index (χ4v) is 3.02. The number of esters is 1. The molecule has 11 heteroatoms. The van der Waals surface area contributed by atoms with Crippen LogP contribution in [0.3, 0.4) is 0 Å². The van der Waals surface area contributed by atoms with Crippen molar-refractivity contribution in [3.8, 4) is 10.7 Å². The summed E-state index contributed by atoms with van der Waals surface area (Å²) in [5, 5.41) is 19.2. The highest BCUT2D eigenvalue weighted by Gasteiger charge is 2.17. The number of ether oxygens (including phenoxy) is 1. The Morgan fingerprint density at radius 3 is 2.90 bits per heavy atom. The lowest BCUT2D eigenvalue weighted by Gasteiger charge is -2.07. The third-order valence-electron chi connectivity index (χ3n) is 3.74. The van der Waals surface area contributed by atoms with Gasteiger partial charge in [-0.15, -0.1) is 11.3 Å². The number of aryl methyl sites for hydroxylation is 2. The molecular weight excluding hydrogens is 400 g/mol. The summed E-state index contributed by atoms with van der Waals surface area (Å²) < 4.78 is 9.98. The van der Waals surface area contributed by atoms with E-state index in [4.69, 9.17) is 9.26 Å². The lowest BCUT2D eigenvalue weighted by atomic mass is 10.2. The molecule has 3 aromatic rings. The average Bonchev–Trinajstić information content (AvgIpc) is 3.37. The molecule has 1 aromatic carbocycles. The fraction of sp³-hybridized carbons (Fsp3) is 0.222. The SMILES string of the molecule is Cc1ccc(NC(=O)COC(=O)CCc2nc(-c3cccs3)no2)c([N+](=O)[O-])c1. The number of nitrogens with zero attached hydrogens (tertiary/aromatic N) is 3. The van der Waals surface area contributed by atoms with Gasteiger partial charge in [0.2, 0.25) is 11.7 Å². The number of hydrogen-bond acceptors (Lipinski definition) is 9. The third-order valence-corrected chi connectivity index (χ3v) is 4.61. The van der Waals surface area contributed by atoms with Gasteiger partial charge in [0.15, 0.2) is 6.61 Å². The number of anilines is 1. The smallest absolute Gasteiger partial charge is 0.306 e. The first-order valence-electron chi connectivity index (χ1n) is 8.49. The lowest BCUT2D eigenvalue weighted by molar-refractivity contribution is -0.384. The van der Waals surface area contributed by atoms with Gasteiger partial charge in [0.05, 0.1) is 16.2 Å². The molecule has 3 rings (SSSR count). The van der Waals surface area contributed by atoms with Gasteiger partial charge in [0.1, 0.15) is 5.69 Å². The zero-order valence-electron chi connectivity index (χ0n) is 15.3. The van der Waals surface area contributed by atoms with Crippen LogP contribution in [0.4, 0.5) is 11.4 Å². The Kier molecular flexibility index (Phi) is 6.29. The Morgan fingerprint density at radius 2 is 2.17 bits per heavy atom.